The highest BCUT2D eigenvalue weighted by Crippen LogP contribution is 2.32. The Morgan fingerprint density at radius 1 is 0.977 bits per heavy atom. The molecule has 1 aliphatic rings. The van der Waals surface area contributed by atoms with Crippen LogP contribution in [0.1, 0.15) is 30.4 Å². The van der Waals surface area contributed by atoms with E-state index in [9.17, 15) is 23.4 Å². The predicted molar refractivity (Wildman–Crippen MR) is 167 cm³/mol. The minimum Gasteiger partial charge on any atom is -0.530 e. The van der Waals surface area contributed by atoms with E-state index < -0.39 is 21.5 Å². The molecule has 1 heterocycles. The van der Waals surface area contributed by atoms with E-state index in [2.05, 4.69) is 11.0 Å². The van der Waals surface area contributed by atoms with Gasteiger partial charge in [0, 0.05) is 32.1 Å². The monoisotopic (exact) mass is 604 g/mol. The van der Waals surface area contributed by atoms with E-state index in [4.69, 9.17) is 0 Å². The zero-order valence-electron chi connectivity index (χ0n) is 24.8. The van der Waals surface area contributed by atoms with Crippen LogP contribution in [-0.4, -0.2) is 80.1 Å². The molecule has 230 valence electrons. The van der Waals surface area contributed by atoms with Crippen molar-refractivity contribution >= 4 is 16.1 Å². The molecule has 0 bridgehead atoms. The van der Waals surface area contributed by atoms with Crippen LogP contribution in [0, 0.1) is 5.92 Å². The van der Waals surface area contributed by atoms with Crippen LogP contribution in [0.3, 0.4) is 0 Å². The second-order valence-electron chi connectivity index (χ2n) is 11.4. The third kappa shape index (κ3) is 8.76. The Morgan fingerprint density at radius 3 is 2.14 bits per heavy atom. The van der Waals surface area contributed by atoms with Gasteiger partial charge in [-0.3, -0.25) is 0 Å². The van der Waals surface area contributed by atoms with Gasteiger partial charge >= 0.3 is 0 Å². The van der Waals surface area contributed by atoms with Crippen molar-refractivity contribution in [1.29, 1.82) is 0 Å². The van der Waals surface area contributed by atoms with Gasteiger partial charge in [-0.15, -0.1) is 0 Å². The highest BCUT2D eigenvalue weighted by atomic mass is 32.2. The second-order valence-corrected chi connectivity index (χ2v) is 13.4. The summed E-state index contributed by atoms with van der Waals surface area (Å²) in [5.74, 6) is 0.357. The van der Waals surface area contributed by atoms with E-state index in [0.29, 0.717) is 18.9 Å². The standard InChI is InChI=1S/C34H43N3O5S/c1-35(43(41,42)32-17-9-4-10-18-32)27-34(28-38,31-15-7-3-8-16-31)21-25-36-23-19-29(20-24-36)14-11-22-37(33(39)40)26-30-12-5-2-6-13-30/h2-18,29,38H,19-28H2,1H3,(H,39,40)/p-1/t34-/m1/s1. The Balaban J connectivity index is 1.35. The SMILES string of the molecule is CN(C[C@@](CO)(CCN1CCC(C=CCN(Cc2ccccc2)C(=O)[O-])CC1)c1ccccc1)S(=O)(=O)c1ccccc1. The number of rotatable bonds is 14. The molecule has 1 amide bonds. The van der Waals surface area contributed by atoms with Crippen molar-refractivity contribution in [3.63, 3.8) is 0 Å². The van der Waals surface area contributed by atoms with E-state index in [1.807, 2.05) is 66.7 Å². The number of likely N-dealkylation sites (tertiary alicyclic amines) is 1. The maximum atomic E-state index is 13.3. The largest absolute Gasteiger partial charge is 0.530 e. The van der Waals surface area contributed by atoms with Crippen LogP contribution in [0.4, 0.5) is 4.79 Å². The molecule has 8 nitrogen and oxygen atoms in total. The fourth-order valence-electron chi connectivity index (χ4n) is 5.74. The van der Waals surface area contributed by atoms with E-state index in [0.717, 1.165) is 43.6 Å². The number of carboxylic acid groups (broad SMARTS) is 1. The lowest BCUT2D eigenvalue weighted by Gasteiger charge is -2.39. The van der Waals surface area contributed by atoms with Crippen molar-refractivity contribution in [2.45, 2.75) is 36.1 Å². The molecule has 1 fully saturated rings. The molecule has 0 spiro atoms. The minimum absolute atomic E-state index is 0.155. The van der Waals surface area contributed by atoms with E-state index in [-0.39, 0.29) is 24.6 Å². The van der Waals surface area contributed by atoms with Crippen LogP contribution < -0.4 is 5.11 Å². The number of carbonyl (C=O) groups is 1. The van der Waals surface area contributed by atoms with Crippen molar-refractivity contribution in [3.8, 4) is 0 Å². The maximum Gasteiger partial charge on any atom is 0.242 e. The van der Waals surface area contributed by atoms with Gasteiger partial charge in [0.25, 0.3) is 0 Å². The molecule has 0 saturated carbocycles. The molecule has 3 aromatic carbocycles. The van der Waals surface area contributed by atoms with Crippen LogP contribution in [0.2, 0.25) is 0 Å². The Labute approximate surface area is 255 Å². The number of sulfonamides is 1. The Hall–Kier alpha value is -3.50. The molecule has 3 aromatic rings. The number of benzene rings is 3. The first kappa shape index (κ1) is 32.4. The molecule has 0 aliphatic carbocycles. The number of nitrogens with zero attached hydrogens (tertiary/aromatic N) is 3. The number of piperidine rings is 1. The van der Waals surface area contributed by atoms with Crippen LogP contribution in [0.25, 0.3) is 0 Å². The fraction of sp³-hybridized carbons (Fsp3) is 0.382. The summed E-state index contributed by atoms with van der Waals surface area (Å²) in [6, 6.07) is 27.6. The molecule has 9 heteroatoms. The first-order valence-corrected chi connectivity index (χ1v) is 16.2. The van der Waals surface area contributed by atoms with Crippen LogP contribution in [0.15, 0.2) is 108 Å². The summed E-state index contributed by atoms with van der Waals surface area (Å²) in [5, 5.41) is 22.4. The van der Waals surface area contributed by atoms with Crippen molar-refractivity contribution in [2.75, 3.05) is 46.4 Å². The molecule has 1 aliphatic heterocycles. The summed E-state index contributed by atoms with van der Waals surface area (Å²) in [5.41, 5.74) is 1.08. The average molecular weight is 605 g/mol. The molecule has 1 N–H and O–H groups in total. The first-order chi connectivity index (χ1) is 20.7. The van der Waals surface area contributed by atoms with Gasteiger partial charge in [-0.05, 0) is 68.1 Å². The maximum absolute atomic E-state index is 13.3. The van der Waals surface area contributed by atoms with Crippen molar-refractivity contribution < 1.29 is 23.4 Å². The zero-order valence-corrected chi connectivity index (χ0v) is 25.6. The molecule has 1 saturated heterocycles. The highest BCUT2D eigenvalue weighted by molar-refractivity contribution is 7.89. The van der Waals surface area contributed by atoms with Gasteiger partial charge in [-0.2, -0.15) is 4.31 Å². The third-order valence-electron chi connectivity index (χ3n) is 8.41. The number of hydrogen-bond acceptors (Lipinski definition) is 6. The summed E-state index contributed by atoms with van der Waals surface area (Å²) in [4.78, 5) is 15.5. The Morgan fingerprint density at radius 2 is 1.56 bits per heavy atom. The molecule has 0 radical (unpaired) electrons. The van der Waals surface area contributed by atoms with Gasteiger partial charge in [0.15, 0.2) is 0 Å². The number of allylic oxidation sites excluding steroid dienone is 1. The van der Waals surface area contributed by atoms with Gasteiger partial charge < -0.3 is 24.8 Å². The Bertz CT molecular complexity index is 1410. The third-order valence-corrected chi connectivity index (χ3v) is 10.2. The Kier molecular flexibility index (Phi) is 11.5. The van der Waals surface area contributed by atoms with Crippen LogP contribution >= 0.6 is 0 Å². The number of aliphatic hydroxyl groups excluding tert-OH is 1. The van der Waals surface area contributed by atoms with Gasteiger partial charge in [0.05, 0.1) is 11.5 Å². The molecule has 4 rings (SSSR count). The van der Waals surface area contributed by atoms with E-state index in [1.54, 1.807) is 37.4 Å². The lowest BCUT2D eigenvalue weighted by Crippen LogP contribution is -2.47. The quantitative estimate of drug-likeness (QED) is 0.281. The predicted octanol–water partition coefficient (Wildman–Crippen LogP) is 3.74. The highest BCUT2D eigenvalue weighted by Gasteiger charge is 2.37. The van der Waals surface area contributed by atoms with Gasteiger partial charge in [0.1, 0.15) is 6.09 Å². The summed E-state index contributed by atoms with van der Waals surface area (Å²) in [6.45, 7) is 3.02. The lowest BCUT2D eigenvalue weighted by molar-refractivity contribution is -0.265. The lowest BCUT2D eigenvalue weighted by atomic mass is 9.77. The average Bonchev–Trinajstić information content (AvgIpc) is 3.04. The van der Waals surface area contributed by atoms with E-state index in [1.165, 1.54) is 9.21 Å². The van der Waals surface area contributed by atoms with Crippen molar-refractivity contribution in [2.24, 2.45) is 5.92 Å². The normalized spacial score (nSPS) is 16.3. The van der Waals surface area contributed by atoms with Crippen LogP contribution in [0.5, 0.6) is 0 Å². The summed E-state index contributed by atoms with van der Waals surface area (Å²) < 4.78 is 28.0. The molecule has 0 unspecified atom stereocenters. The second kappa shape index (κ2) is 15.3. The van der Waals surface area contributed by atoms with E-state index >= 15 is 0 Å². The first-order valence-electron chi connectivity index (χ1n) is 14.8. The minimum atomic E-state index is -3.72. The molecular formula is C34H42N3O5S-. The molecule has 43 heavy (non-hydrogen) atoms. The molecule has 1 atom stereocenters. The number of hydrogen-bond donors (Lipinski definition) is 1. The number of carbonyl (C=O) groups excluding carboxylic acids is 1. The van der Waals surface area contributed by atoms with Crippen LogP contribution in [-0.2, 0) is 22.0 Å². The topological polar surface area (TPSA) is 104 Å². The van der Waals surface area contributed by atoms with Gasteiger partial charge in [-0.1, -0.05) is 91.0 Å². The smallest absolute Gasteiger partial charge is 0.242 e. The molecular weight excluding hydrogens is 562 g/mol. The summed E-state index contributed by atoms with van der Waals surface area (Å²) in [6.07, 6.45) is 5.34. The van der Waals surface area contributed by atoms with Crippen molar-refractivity contribution in [3.05, 3.63) is 114 Å². The van der Waals surface area contributed by atoms with Gasteiger partial charge in [-0.25, -0.2) is 8.42 Å². The number of aliphatic hydroxyl groups is 1. The van der Waals surface area contributed by atoms with Gasteiger partial charge in [0.2, 0.25) is 10.0 Å². The zero-order chi connectivity index (χ0) is 30.7. The van der Waals surface area contributed by atoms with Crippen molar-refractivity contribution in [1.82, 2.24) is 14.1 Å². The number of amides is 1. The fourth-order valence-corrected chi connectivity index (χ4v) is 7.02. The molecule has 0 aromatic heterocycles. The summed E-state index contributed by atoms with van der Waals surface area (Å²) in [7, 11) is -2.14. The summed E-state index contributed by atoms with van der Waals surface area (Å²) >= 11 is 0. The number of likely N-dealkylation sites (N-methyl/N-ethyl adjacent to an activating group) is 1.